The third-order valence-electron chi connectivity index (χ3n) is 3.16. The molecular weight excluding hydrogens is 224 g/mol. The van der Waals surface area contributed by atoms with Gasteiger partial charge in [0.25, 0.3) is 0 Å². The molecule has 0 saturated heterocycles. The first-order valence-electron chi connectivity index (χ1n) is 6.17. The number of aromatic amines is 1. The molecule has 1 heterocycles. The molecule has 3 nitrogen and oxygen atoms in total. The summed E-state index contributed by atoms with van der Waals surface area (Å²) in [5.74, 6) is 1.07. The van der Waals surface area contributed by atoms with Gasteiger partial charge in [0, 0.05) is 12.8 Å². The Morgan fingerprint density at radius 1 is 1.28 bits per heavy atom. The predicted octanol–water partition coefficient (Wildman–Crippen LogP) is 3.22. The number of ketones is 1. The van der Waals surface area contributed by atoms with Gasteiger partial charge in [0.15, 0.2) is 0 Å². The highest BCUT2D eigenvalue weighted by Gasteiger charge is 2.05. The molecule has 0 aliphatic carbocycles. The highest BCUT2D eigenvalue weighted by Crippen LogP contribution is 2.20. The Bertz CT molecular complexity index is 570. The molecule has 0 amide bonds. The fourth-order valence-electron chi connectivity index (χ4n) is 1.84. The van der Waals surface area contributed by atoms with E-state index in [0.29, 0.717) is 12.8 Å². The van der Waals surface area contributed by atoms with Crippen molar-refractivity contribution in [2.45, 2.75) is 33.6 Å². The molecule has 1 aromatic carbocycles. The Morgan fingerprint density at radius 3 is 2.72 bits per heavy atom. The maximum Gasteiger partial charge on any atom is 0.130 e. The smallest absolute Gasteiger partial charge is 0.130 e. The molecule has 0 aliphatic rings. The topological polar surface area (TPSA) is 45.8 Å². The number of Topliss-reactive ketones (excluding diaryl/α,β-unsaturated/α-hetero) is 1. The van der Waals surface area contributed by atoms with Crippen molar-refractivity contribution in [2.75, 3.05) is 0 Å². The van der Waals surface area contributed by atoms with Crippen LogP contribution in [0, 0.1) is 13.8 Å². The second-order valence-electron chi connectivity index (χ2n) is 4.74. The Balaban J connectivity index is 2.18. The number of nitrogens with zero attached hydrogens (tertiary/aromatic N) is 1. The number of rotatable bonds is 4. The van der Waals surface area contributed by atoms with Gasteiger partial charge in [-0.1, -0.05) is 12.1 Å². The van der Waals surface area contributed by atoms with Crippen molar-refractivity contribution in [3.05, 3.63) is 41.3 Å². The molecule has 0 radical (unpaired) electrons. The number of H-pyrrole nitrogens is 1. The fourth-order valence-corrected chi connectivity index (χ4v) is 1.84. The van der Waals surface area contributed by atoms with Crippen molar-refractivity contribution in [3.8, 4) is 11.3 Å². The third-order valence-corrected chi connectivity index (χ3v) is 3.16. The fraction of sp³-hybridized carbons (Fsp3) is 0.333. The molecule has 0 bridgehead atoms. The molecular formula is C15H18N2O. The highest BCUT2D eigenvalue weighted by molar-refractivity contribution is 5.75. The van der Waals surface area contributed by atoms with E-state index in [0.717, 1.165) is 17.1 Å². The van der Waals surface area contributed by atoms with Crippen LogP contribution in [0.4, 0.5) is 0 Å². The monoisotopic (exact) mass is 242 g/mol. The largest absolute Gasteiger partial charge is 0.342 e. The average Bonchev–Trinajstić information content (AvgIpc) is 2.79. The first kappa shape index (κ1) is 12.6. The molecule has 2 aromatic rings. The van der Waals surface area contributed by atoms with E-state index in [2.05, 4.69) is 42.0 Å². The van der Waals surface area contributed by atoms with E-state index < -0.39 is 0 Å². The van der Waals surface area contributed by atoms with Gasteiger partial charge in [0.05, 0.1) is 11.9 Å². The summed E-state index contributed by atoms with van der Waals surface area (Å²) in [6, 6.07) is 6.35. The van der Waals surface area contributed by atoms with Crippen LogP contribution in [0.25, 0.3) is 11.3 Å². The summed E-state index contributed by atoms with van der Waals surface area (Å²) in [4.78, 5) is 18.5. The van der Waals surface area contributed by atoms with Gasteiger partial charge in [-0.15, -0.1) is 0 Å². The molecule has 2 rings (SSSR count). The summed E-state index contributed by atoms with van der Waals surface area (Å²) in [7, 11) is 0. The maximum atomic E-state index is 10.9. The molecule has 0 aliphatic heterocycles. The molecule has 0 atom stereocenters. The summed E-state index contributed by atoms with van der Waals surface area (Å²) in [6.07, 6.45) is 3.06. The third kappa shape index (κ3) is 2.86. The van der Waals surface area contributed by atoms with Crippen LogP contribution in [0.5, 0.6) is 0 Å². The Hall–Kier alpha value is -1.90. The van der Waals surface area contributed by atoms with Gasteiger partial charge >= 0.3 is 0 Å². The van der Waals surface area contributed by atoms with Crippen molar-refractivity contribution in [1.29, 1.82) is 0 Å². The van der Waals surface area contributed by atoms with E-state index in [4.69, 9.17) is 0 Å². The molecule has 3 heteroatoms. The lowest BCUT2D eigenvalue weighted by atomic mass is 10.1. The highest BCUT2D eigenvalue weighted by atomic mass is 16.1. The summed E-state index contributed by atoms with van der Waals surface area (Å²) in [6.45, 7) is 5.81. The van der Waals surface area contributed by atoms with Gasteiger partial charge in [-0.05, 0) is 43.5 Å². The summed E-state index contributed by atoms with van der Waals surface area (Å²) in [5, 5.41) is 0. The quantitative estimate of drug-likeness (QED) is 0.894. The van der Waals surface area contributed by atoms with E-state index in [1.54, 1.807) is 6.92 Å². The van der Waals surface area contributed by atoms with Crippen molar-refractivity contribution >= 4 is 5.78 Å². The van der Waals surface area contributed by atoms with E-state index >= 15 is 0 Å². The van der Waals surface area contributed by atoms with Gasteiger partial charge in [-0.2, -0.15) is 0 Å². The second kappa shape index (κ2) is 5.17. The number of carbonyl (C=O) groups is 1. The van der Waals surface area contributed by atoms with E-state index in [-0.39, 0.29) is 5.78 Å². The lowest BCUT2D eigenvalue weighted by Gasteiger charge is -2.02. The van der Waals surface area contributed by atoms with E-state index in [9.17, 15) is 4.79 Å². The van der Waals surface area contributed by atoms with Crippen LogP contribution in [0.1, 0.15) is 30.3 Å². The number of benzene rings is 1. The number of nitrogens with one attached hydrogen (secondary N) is 1. The molecule has 94 valence electrons. The van der Waals surface area contributed by atoms with Crippen LogP contribution >= 0.6 is 0 Å². The van der Waals surface area contributed by atoms with Gasteiger partial charge < -0.3 is 9.78 Å². The van der Waals surface area contributed by atoms with Crippen LogP contribution in [0.2, 0.25) is 0 Å². The SMILES string of the molecule is CC(=O)CCc1ncc(-c2ccc(C)c(C)c2)[nH]1. The van der Waals surface area contributed by atoms with Crippen LogP contribution in [-0.2, 0) is 11.2 Å². The van der Waals surface area contributed by atoms with Crippen molar-refractivity contribution < 1.29 is 4.79 Å². The lowest BCUT2D eigenvalue weighted by Crippen LogP contribution is -1.95. The number of aryl methyl sites for hydroxylation is 3. The minimum Gasteiger partial charge on any atom is -0.342 e. The predicted molar refractivity (Wildman–Crippen MR) is 72.5 cm³/mol. The normalized spacial score (nSPS) is 10.6. The van der Waals surface area contributed by atoms with Crippen LogP contribution in [-0.4, -0.2) is 15.8 Å². The molecule has 0 spiro atoms. The zero-order valence-electron chi connectivity index (χ0n) is 11.1. The van der Waals surface area contributed by atoms with Gasteiger partial charge in [0.1, 0.15) is 11.6 Å². The minimum atomic E-state index is 0.194. The Labute approximate surface area is 107 Å². The van der Waals surface area contributed by atoms with Gasteiger partial charge in [-0.25, -0.2) is 4.98 Å². The van der Waals surface area contributed by atoms with Crippen LogP contribution in [0.3, 0.4) is 0 Å². The van der Waals surface area contributed by atoms with Gasteiger partial charge in [-0.3, -0.25) is 0 Å². The zero-order valence-corrected chi connectivity index (χ0v) is 11.1. The van der Waals surface area contributed by atoms with E-state index in [1.165, 1.54) is 11.1 Å². The number of hydrogen-bond acceptors (Lipinski definition) is 2. The lowest BCUT2D eigenvalue weighted by molar-refractivity contribution is -0.117. The summed E-state index contributed by atoms with van der Waals surface area (Å²) in [5.41, 5.74) is 4.71. The standard InChI is InChI=1S/C15H18N2O/c1-10-4-6-13(8-11(10)2)14-9-16-15(17-14)7-5-12(3)18/h4,6,8-9H,5,7H2,1-3H3,(H,16,17). The average molecular weight is 242 g/mol. The molecule has 1 aromatic heterocycles. The molecule has 1 N–H and O–H groups in total. The van der Waals surface area contributed by atoms with Crippen molar-refractivity contribution in [3.63, 3.8) is 0 Å². The molecule has 0 fully saturated rings. The molecule has 0 unspecified atom stereocenters. The maximum absolute atomic E-state index is 10.9. The first-order valence-corrected chi connectivity index (χ1v) is 6.17. The van der Waals surface area contributed by atoms with Crippen LogP contribution in [0.15, 0.2) is 24.4 Å². The molecule has 0 saturated carbocycles. The van der Waals surface area contributed by atoms with Gasteiger partial charge in [0.2, 0.25) is 0 Å². The number of hydrogen-bond donors (Lipinski definition) is 1. The Morgan fingerprint density at radius 2 is 2.06 bits per heavy atom. The zero-order chi connectivity index (χ0) is 13.1. The first-order chi connectivity index (χ1) is 8.56. The second-order valence-corrected chi connectivity index (χ2v) is 4.74. The van der Waals surface area contributed by atoms with Crippen molar-refractivity contribution in [1.82, 2.24) is 9.97 Å². The van der Waals surface area contributed by atoms with E-state index in [1.807, 2.05) is 6.20 Å². The Kier molecular flexibility index (Phi) is 3.60. The number of aromatic nitrogens is 2. The summed E-state index contributed by atoms with van der Waals surface area (Å²) < 4.78 is 0. The number of imidazole rings is 1. The van der Waals surface area contributed by atoms with Crippen LogP contribution < -0.4 is 0 Å². The number of carbonyl (C=O) groups excluding carboxylic acids is 1. The van der Waals surface area contributed by atoms with Crippen molar-refractivity contribution in [2.24, 2.45) is 0 Å². The summed E-state index contributed by atoms with van der Waals surface area (Å²) >= 11 is 0. The molecule has 18 heavy (non-hydrogen) atoms. The minimum absolute atomic E-state index is 0.194.